The van der Waals surface area contributed by atoms with E-state index >= 15 is 0 Å². The summed E-state index contributed by atoms with van der Waals surface area (Å²) in [4.78, 5) is 16.5. The first-order chi connectivity index (χ1) is 9.15. The van der Waals surface area contributed by atoms with Crippen LogP contribution in [-0.2, 0) is 6.42 Å². The Morgan fingerprint density at radius 2 is 2.21 bits per heavy atom. The number of nitrogen functional groups attached to an aromatic ring is 1. The molecule has 0 radical (unpaired) electrons. The fourth-order valence-electron chi connectivity index (χ4n) is 3.15. The van der Waals surface area contributed by atoms with Crippen LogP contribution in [0.25, 0.3) is 0 Å². The van der Waals surface area contributed by atoms with Crippen molar-refractivity contribution < 1.29 is 4.79 Å². The molecule has 0 bridgehead atoms. The second-order valence-corrected chi connectivity index (χ2v) is 5.77. The second kappa shape index (κ2) is 4.76. The molecule has 2 N–H and O–H groups in total. The molecule has 1 saturated heterocycles. The van der Waals surface area contributed by atoms with Crippen molar-refractivity contribution in [3.05, 3.63) is 23.8 Å². The predicted octanol–water partition coefficient (Wildman–Crippen LogP) is 2.48. The molecule has 0 saturated carbocycles. The lowest BCUT2D eigenvalue weighted by Crippen LogP contribution is -2.46. The minimum Gasteiger partial charge on any atom is -0.399 e. The van der Waals surface area contributed by atoms with Gasteiger partial charge in [0.05, 0.1) is 0 Å². The summed E-state index contributed by atoms with van der Waals surface area (Å²) in [5.41, 5.74) is 8.81. The van der Waals surface area contributed by atoms with E-state index in [0.29, 0.717) is 5.92 Å². The van der Waals surface area contributed by atoms with E-state index in [1.807, 2.05) is 28.0 Å². The van der Waals surface area contributed by atoms with E-state index < -0.39 is 0 Å². The lowest BCUT2D eigenvalue weighted by atomic mass is 10.0. The van der Waals surface area contributed by atoms with Gasteiger partial charge < -0.3 is 10.6 Å². The average Bonchev–Trinajstić information content (AvgIpc) is 2.80. The molecule has 2 heterocycles. The van der Waals surface area contributed by atoms with E-state index in [1.54, 1.807) is 0 Å². The maximum atomic E-state index is 12.6. The first kappa shape index (κ1) is 12.3. The molecule has 19 heavy (non-hydrogen) atoms. The average molecular weight is 259 g/mol. The Morgan fingerprint density at radius 3 is 3.00 bits per heavy atom. The lowest BCUT2D eigenvalue weighted by Gasteiger charge is -2.34. The Bertz CT molecular complexity index is 500. The minimum atomic E-state index is 0.162. The third-order valence-corrected chi connectivity index (χ3v) is 4.16. The van der Waals surface area contributed by atoms with Gasteiger partial charge in [-0.15, -0.1) is 0 Å². The summed E-state index contributed by atoms with van der Waals surface area (Å²) in [7, 11) is 0. The predicted molar refractivity (Wildman–Crippen MR) is 77.3 cm³/mol. The van der Waals surface area contributed by atoms with Crippen LogP contribution in [0.5, 0.6) is 0 Å². The van der Waals surface area contributed by atoms with E-state index in [-0.39, 0.29) is 6.03 Å². The normalized spacial score (nSPS) is 22.5. The summed E-state index contributed by atoms with van der Waals surface area (Å²) in [5, 5.41) is 0. The monoisotopic (exact) mass is 259 g/mol. The van der Waals surface area contributed by atoms with Crippen LogP contribution in [0.1, 0.15) is 25.3 Å². The van der Waals surface area contributed by atoms with E-state index in [9.17, 15) is 4.79 Å². The van der Waals surface area contributed by atoms with Gasteiger partial charge in [0.2, 0.25) is 0 Å². The standard InChI is InChI=1S/C15H21N3O/c1-11-3-2-7-17(10-11)15(19)18-8-6-12-9-13(16)4-5-14(12)18/h4-5,9,11H,2-3,6-8,10,16H2,1H3. The molecule has 1 aromatic carbocycles. The number of carbonyl (C=O) groups is 1. The Morgan fingerprint density at radius 1 is 1.37 bits per heavy atom. The molecule has 1 atom stereocenters. The first-order valence-electron chi connectivity index (χ1n) is 7.10. The SMILES string of the molecule is CC1CCCN(C(=O)N2CCc3cc(N)ccc32)C1. The highest BCUT2D eigenvalue weighted by Gasteiger charge is 2.30. The van der Waals surface area contributed by atoms with Crippen molar-refractivity contribution >= 4 is 17.4 Å². The topological polar surface area (TPSA) is 49.6 Å². The van der Waals surface area contributed by atoms with Crippen LogP contribution in [0, 0.1) is 5.92 Å². The number of amides is 2. The third kappa shape index (κ3) is 2.27. The van der Waals surface area contributed by atoms with Gasteiger partial charge in [0.25, 0.3) is 0 Å². The molecule has 1 unspecified atom stereocenters. The smallest absolute Gasteiger partial charge is 0.324 e. The molecular formula is C15H21N3O. The summed E-state index contributed by atoms with van der Waals surface area (Å²) in [6.07, 6.45) is 3.27. The largest absolute Gasteiger partial charge is 0.399 e. The number of benzene rings is 1. The fourth-order valence-corrected chi connectivity index (χ4v) is 3.15. The second-order valence-electron chi connectivity index (χ2n) is 5.77. The Kier molecular flexibility index (Phi) is 3.09. The number of nitrogens with zero attached hydrogens (tertiary/aromatic N) is 2. The van der Waals surface area contributed by atoms with Crippen molar-refractivity contribution in [1.29, 1.82) is 0 Å². The van der Waals surface area contributed by atoms with Crippen molar-refractivity contribution in [2.24, 2.45) is 5.92 Å². The van der Waals surface area contributed by atoms with Crippen molar-refractivity contribution in [3.63, 3.8) is 0 Å². The van der Waals surface area contributed by atoms with Crippen LogP contribution in [-0.4, -0.2) is 30.6 Å². The highest BCUT2D eigenvalue weighted by molar-refractivity contribution is 5.94. The van der Waals surface area contributed by atoms with Crippen LogP contribution in [0.3, 0.4) is 0 Å². The summed E-state index contributed by atoms with van der Waals surface area (Å²) >= 11 is 0. The Hall–Kier alpha value is -1.71. The molecule has 4 nitrogen and oxygen atoms in total. The van der Waals surface area contributed by atoms with Crippen molar-refractivity contribution in [3.8, 4) is 0 Å². The van der Waals surface area contributed by atoms with Gasteiger partial charge in [-0.05, 0) is 48.9 Å². The number of hydrogen-bond donors (Lipinski definition) is 1. The minimum absolute atomic E-state index is 0.162. The summed E-state index contributed by atoms with van der Waals surface area (Å²) < 4.78 is 0. The maximum absolute atomic E-state index is 12.6. The fraction of sp³-hybridized carbons (Fsp3) is 0.533. The quantitative estimate of drug-likeness (QED) is 0.728. The highest BCUT2D eigenvalue weighted by Crippen LogP contribution is 2.31. The van der Waals surface area contributed by atoms with Crippen molar-refractivity contribution in [2.45, 2.75) is 26.2 Å². The van der Waals surface area contributed by atoms with Gasteiger partial charge >= 0.3 is 6.03 Å². The molecule has 1 aromatic rings. The first-order valence-corrected chi connectivity index (χ1v) is 7.10. The zero-order valence-electron chi connectivity index (χ0n) is 11.4. The van der Waals surface area contributed by atoms with E-state index in [1.165, 1.54) is 12.0 Å². The third-order valence-electron chi connectivity index (χ3n) is 4.16. The van der Waals surface area contributed by atoms with Crippen LogP contribution in [0.2, 0.25) is 0 Å². The highest BCUT2D eigenvalue weighted by atomic mass is 16.2. The molecule has 4 heteroatoms. The van der Waals surface area contributed by atoms with Gasteiger partial charge in [0.1, 0.15) is 0 Å². The zero-order chi connectivity index (χ0) is 13.4. The number of carbonyl (C=O) groups excluding carboxylic acids is 1. The Balaban J connectivity index is 1.79. The van der Waals surface area contributed by atoms with E-state index in [4.69, 9.17) is 5.73 Å². The van der Waals surface area contributed by atoms with Gasteiger partial charge in [0.15, 0.2) is 0 Å². The molecule has 2 amide bonds. The van der Waals surface area contributed by atoms with Gasteiger partial charge in [-0.3, -0.25) is 4.90 Å². The van der Waals surface area contributed by atoms with Crippen molar-refractivity contribution in [1.82, 2.24) is 4.90 Å². The van der Waals surface area contributed by atoms with Crippen LogP contribution < -0.4 is 10.6 Å². The number of likely N-dealkylation sites (tertiary alicyclic amines) is 1. The molecule has 2 aliphatic heterocycles. The lowest BCUT2D eigenvalue weighted by molar-refractivity contribution is 0.176. The number of piperidine rings is 1. The van der Waals surface area contributed by atoms with Gasteiger partial charge in [-0.1, -0.05) is 6.92 Å². The molecule has 0 spiro atoms. The summed E-state index contributed by atoms with van der Waals surface area (Å²) in [6.45, 7) is 4.78. The Labute approximate surface area is 114 Å². The van der Waals surface area contributed by atoms with Crippen LogP contribution in [0.15, 0.2) is 18.2 Å². The number of rotatable bonds is 0. The molecular weight excluding hydrogens is 238 g/mol. The van der Waals surface area contributed by atoms with E-state index in [2.05, 4.69) is 6.92 Å². The van der Waals surface area contributed by atoms with E-state index in [0.717, 1.165) is 43.9 Å². The van der Waals surface area contributed by atoms with Gasteiger partial charge in [0, 0.05) is 31.0 Å². The number of hydrogen-bond acceptors (Lipinski definition) is 2. The molecule has 1 fully saturated rings. The number of fused-ring (bicyclic) bond motifs is 1. The van der Waals surface area contributed by atoms with Crippen LogP contribution >= 0.6 is 0 Å². The summed E-state index contributed by atoms with van der Waals surface area (Å²) in [5.74, 6) is 0.617. The van der Waals surface area contributed by atoms with Crippen LogP contribution in [0.4, 0.5) is 16.2 Å². The van der Waals surface area contributed by atoms with Crippen molar-refractivity contribution in [2.75, 3.05) is 30.3 Å². The number of urea groups is 1. The van der Waals surface area contributed by atoms with Gasteiger partial charge in [-0.2, -0.15) is 0 Å². The van der Waals surface area contributed by atoms with Gasteiger partial charge in [-0.25, -0.2) is 4.79 Å². The summed E-state index contributed by atoms with van der Waals surface area (Å²) in [6, 6.07) is 6.00. The number of anilines is 2. The molecule has 0 aromatic heterocycles. The maximum Gasteiger partial charge on any atom is 0.324 e. The zero-order valence-corrected chi connectivity index (χ0v) is 11.4. The molecule has 2 aliphatic rings. The molecule has 102 valence electrons. The molecule has 3 rings (SSSR count). The molecule has 0 aliphatic carbocycles. The number of nitrogens with two attached hydrogens (primary N) is 1.